The molecule has 0 unspecified atom stereocenters. The van der Waals surface area contributed by atoms with Crippen LogP contribution in [0.15, 0.2) is 42.5 Å². The third-order valence-electron chi connectivity index (χ3n) is 3.96. The molecule has 1 aliphatic heterocycles. The molecule has 1 amide bonds. The van der Waals surface area contributed by atoms with Gasteiger partial charge in [0.2, 0.25) is 0 Å². The lowest BCUT2D eigenvalue weighted by molar-refractivity contribution is -0.195. The predicted molar refractivity (Wildman–Crippen MR) is 90.5 cm³/mol. The van der Waals surface area contributed by atoms with Gasteiger partial charge in [-0.05, 0) is 24.6 Å². The monoisotopic (exact) mass is 355 g/mol. The lowest BCUT2D eigenvalue weighted by Crippen LogP contribution is -2.36. The molecule has 0 bridgehead atoms. The van der Waals surface area contributed by atoms with Gasteiger partial charge >= 0.3 is 11.9 Å². The molecule has 26 heavy (non-hydrogen) atoms. The maximum atomic E-state index is 12.7. The lowest BCUT2D eigenvalue weighted by atomic mass is 9.98. The smallest absolute Gasteiger partial charge is 0.396 e. The van der Waals surface area contributed by atoms with Crippen LogP contribution in [0.3, 0.4) is 0 Å². The van der Waals surface area contributed by atoms with Gasteiger partial charge in [0.15, 0.2) is 5.78 Å². The molecule has 134 valence electrons. The summed E-state index contributed by atoms with van der Waals surface area (Å²) in [6.45, 7) is 1.98. The fourth-order valence-electron chi connectivity index (χ4n) is 2.74. The second-order valence-corrected chi connectivity index (χ2v) is 5.67. The summed E-state index contributed by atoms with van der Waals surface area (Å²) in [5.74, 6) is -2.51. The Morgan fingerprint density at radius 2 is 1.96 bits per heavy atom. The maximum absolute atomic E-state index is 12.7. The zero-order chi connectivity index (χ0) is 18.7. The topological polar surface area (TPSA) is 93.1 Å². The van der Waals surface area contributed by atoms with Gasteiger partial charge in [0.05, 0.1) is 18.7 Å². The maximum Gasteiger partial charge on any atom is 0.396 e. The summed E-state index contributed by atoms with van der Waals surface area (Å²) in [5.41, 5.74) is 2.40. The van der Waals surface area contributed by atoms with E-state index in [4.69, 9.17) is 14.7 Å². The molecule has 0 aliphatic carbocycles. The van der Waals surface area contributed by atoms with Gasteiger partial charge in [-0.25, -0.2) is 9.86 Å². The second kappa shape index (κ2) is 7.37. The number of nitrogens with zero attached hydrogens (tertiary/aromatic N) is 1. The average Bonchev–Trinajstić information content (AvgIpc) is 2.78. The number of carboxylic acid groups (broad SMARTS) is 1. The number of hydrogen-bond acceptors (Lipinski definition) is 5. The Hall–Kier alpha value is -3.19. The van der Waals surface area contributed by atoms with E-state index in [1.54, 1.807) is 37.3 Å². The number of hydroxylamine groups is 2. The number of carbonyl (C=O) groups excluding carboxylic acids is 2. The fourth-order valence-corrected chi connectivity index (χ4v) is 2.74. The van der Waals surface area contributed by atoms with E-state index in [1.807, 2.05) is 12.1 Å². The minimum atomic E-state index is -1.60. The Balaban J connectivity index is 1.89. The number of ether oxygens (including phenoxy) is 1. The van der Waals surface area contributed by atoms with Crippen molar-refractivity contribution in [1.82, 2.24) is 5.06 Å². The molecule has 2 aromatic carbocycles. The quantitative estimate of drug-likeness (QED) is 0.667. The molecular weight excluding hydrogens is 338 g/mol. The minimum absolute atomic E-state index is 0.0727. The number of hydrogen-bond donors (Lipinski definition) is 1. The molecule has 7 heteroatoms. The number of benzene rings is 2. The molecule has 2 aromatic rings. The second-order valence-electron chi connectivity index (χ2n) is 5.67. The van der Waals surface area contributed by atoms with E-state index in [0.29, 0.717) is 22.4 Å². The summed E-state index contributed by atoms with van der Waals surface area (Å²) in [4.78, 5) is 40.4. The molecule has 1 aliphatic rings. The van der Waals surface area contributed by atoms with Gasteiger partial charge in [-0.3, -0.25) is 14.4 Å². The van der Waals surface area contributed by atoms with Gasteiger partial charge in [0.1, 0.15) is 12.4 Å². The van der Waals surface area contributed by atoms with Gasteiger partial charge in [0.25, 0.3) is 0 Å². The molecule has 0 radical (unpaired) electrons. The number of carboxylic acids is 1. The highest BCUT2D eigenvalue weighted by molar-refractivity contribution is 6.31. The molecule has 0 saturated heterocycles. The number of amides is 1. The Morgan fingerprint density at radius 1 is 1.19 bits per heavy atom. The van der Waals surface area contributed by atoms with Crippen LogP contribution in [0.1, 0.15) is 34.0 Å². The third-order valence-corrected chi connectivity index (χ3v) is 3.96. The molecule has 1 N–H and O–H groups in total. The molecule has 0 atom stereocenters. The van der Waals surface area contributed by atoms with Crippen LogP contribution in [0.4, 0.5) is 0 Å². The standard InChI is InChI=1S/C19H17NO6/c1-2-26-20(18(22)19(23)24)10-12-7-8-15-16(9-12)25-11-13-5-3-4-6-14(13)17(15)21/h3-9H,2,10-11H2,1H3,(H,23,24). The number of ketones is 1. The van der Waals surface area contributed by atoms with Crippen LogP contribution in [0, 0.1) is 0 Å². The Kier molecular flexibility index (Phi) is 4.99. The summed E-state index contributed by atoms with van der Waals surface area (Å²) >= 11 is 0. The highest BCUT2D eigenvalue weighted by Crippen LogP contribution is 2.29. The van der Waals surface area contributed by atoms with Crippen molar-refractivity contribution in [3.05, 3.63) is 64.7 Å². The molecule has 0 spiro atoms. The van der Waals surface area contributed by atoms with E-state index in [0.717, 1.165) is 10.6 Å². The van der Waals surface area contributed by atoms with Gasteiger partial charge in [-0.2, -0.15) is 0 Å². The number of fused-ring (bicyclic) bond motifs is 2. The molecule has 0 fully saturated rings. The van der Waals surface area contributed by atoms with Gasteiger partial charge in [0, 0.05) is 11.1 Å². The first kappa shape index (κ1) is 17.6. The number of carbonyl (C=O) groups is 3. The van der Waals surface area contributed by atoms with Crippen LogP contribution in [0.2, 0.25) is 0 Å². The minimum Gasteiger partial charge on any atom is -0.488 e. The molecule has 7 nitrogen and oxygen atoms in total. The van der Waals surface area contributed by atoms with Crippen molar-refractivity contribution in [3.63, 3.8) is 0 Å². The van der Waals surface area contributed by atoms with Gasteiger partial charge in [-0.1, -0.05) is 30.3 Å². The fraction of sp³-hybridized carbons (Fsp3) is 0.211. The van der Waals surface area contributed by atoms with Crippen LogP contribution in [0.25, 0.3) is 0 Å². The van der Waals surface area contributed by atoms with Crippen LogP contribution >= 0.6 is 0 Å². The molecule has 3 rings (SSSR count). The first-order valence-electron chi connectivity index (χ1n) is 8.07. The highest BCUT2D eigenvalue weighted by atomic mass is 16.7. The van der Waals surface area contributed by atoms with Crippen molar-refractivity contribution in [1.29, 1.82) is 0 Å². The van der Waals surface area contributed by atoms with E-state index >= 15 is 0 Å². The Labute approximate surface area is 149 Å². The Bertz CT molecular complexity index is 876. The van der Waals surface area contributed by atoms with Crippen LogP contribution < -0.4 is 4.74 Å². The van der Waals surface area contributed by atoms with Crippen molar-refractivity contribution in [2.24, 2.45) is 0 Å². The van der Waals surface area contributed by atoms with Crippen LogP contribution in [0.5, 0.6) is 5.75 Å². The highest BCUT2D eigenvalue weighted by Gasteiger charge is 2.25. The number of rotatable bonds is 4. The lowest BCUT2D eigenvalue weighted by Gasteiger charge is -2.19. The van der Waals surface area contributed by atoms with E-state index < -0.39 is 11.9 Å². The van der Waals surface area contributed by atoms with Crippen molar-refractivity contribution in [3.8, 4) is 5.75 Å². The number of aliphatic carboxylic acids is 1. The van der Waals surface area contributed by atoms with Crippen LogP contribution in [-0.4, -0.2) is 34.4 Å². The van der Waals surface area contributed by atoms with Crippen LogP contribution in [-0.2, 0) is 27.6 Å². The predicted octanol–water partition coefficient (Wildman–Crippen LogP) is 2.17. The van der Waals surface area contributed by atoms with Gasteiger partial charge < -0.3 is 9.84 Å². The molecular formula is C19H17NO6. The Morgan fingerprint density at radius 3 is 2.69 bits per heavy atom. The van der Waals surface area contributed by atoms with Crippen molar-refractivity contribution in [2.45, 2.75) is 20.1 Å². The summed E-state index contributed by atoms with van der Waals surface area (Å²) in [6.07, 6.45) is 0. The van der Waals surface area contributed by atoms with Gasteiger partial charge in [-0.15, -0.1) is 0 Å². The van der Waals surface area contributed by atoms with E-state index in [-0.39, 0.29) is 25.5 Å². The van der Waals surface area contributed by atoms with Crippen molar-refractivity contribution < 1.29 is 29.1 Å². The molecule has 1 heterocycles. The summed E-state index contributed by atoms with van der Waals surface area (Å²) in [6, 6.07) is 12.1. The summed E-state index contributed by atoms with van der Waals surface area (Å²) in [5, 5.41) is 9.66. The zero-order valence-electron chi connectivity index (χ0n) is 14.1. The van der Waals surface area contributed by atoms with Crippen molar-refractivity contribution in [2.75, 3.05) is 6.61 Å². The first-order valence-corrected chi connectivity index (χ1v) is 8.07. The normalized spacial score (nSPS) is 12.4. The first-order chi connectivity index (χ1) is 12.5. The summed E-state index contributed by atoms with van der Waals surface area (Å²) < 4.78 is 5.75. The molecule has 0 saturated carbocycles. The zero-order valence-corrected chi connectivity index (χ0v) is 14.1. The van der Waals surface area contributed by atoms with Crippen molar-refractivity contribution >= 4 is 17.7 Å². The largest absolute Gasteiger partial charge is 0.488 e. The average molecular weight is 355 g/mol. The van der Waals surface area contributed by atoms with E-state index in [1.165, 1.54) is 0 Å². The molecule has 0 aromatic heterocycles. The third kappa shape index (κ3) is 3.43. The SMILES string of the molecule is CCON(Cc1ccc2c(c1)OCc1ccccc1C2=O)C(=O)C(=O)O. The summed E-state index contributed by atoms with van der Waals surface area (Å²) in [7, 11) is 0. The van der Waals surface area contributed by atoms with E-state index in [2.05, 4.69) is 0 Å². The van der Waals surface area contributed by atoms with E-state index in [9.17, 15) is 14.4 Å².